The van der Waals surface area contributed by atoms with Gasteiger partial charge in [-0.3, -0.25) is 14.2 Å². The maximum Gasteiger partial charge on any atom is 0.251 e. The van der Waals surface area contributed by atoms with Crippen molar-refractivity contribution in [1.29, 1.82) is 0 Å². The Hall–Kier alpha value is -3.81. The van der Waals surface area contributed by atoms with Crippen molar-refractivity contribution in [3.05, 3.63) is 70.5 Å². The van der Waals surface area contributed by atoms with Crippen molar-refractivity contribution in [2.45, 2.75) is 32.9 Å². The predicted molar refractivity (Wildman–Crippen MR) is 118 cm³/mol. The molecule has 0 saturated heterocycles. The van der Waals surface area contributed by atoms with Gasteiger partial charge in [-0.05, 0) is 42.3 Å². The van der Waals surface area contributed by atoms with Gasteiger partial charge in [-0.25, -0.2) is 0 Å². The van der Waals surface area contributed by atoms with E-state index >= 15 is 0 Å². The fraction of sp³-hybridized carbons (Fsp3) is 0.261. The molecule has 0 aliphatic carbocycles. The highest BCUT2D eigenvalue weighted by atomic mass is 16.5. The molecule has 4 rings (SSSR count). The van der Waals surface area contributed by atoms with Gasteiger partial charge in [-0.15, -0.1) is 5.10 Å². The zero-order chi connectivity index (χ0) is 21.8. The van der Waals surface area contributed by atoms with Crippen molar-refractivity contribution in [1.82, 2.24) is 25.3 Å². The Labute approximate surface area is 178 Å². The summed E-state index contributed by atoms with van der Waals surface area (Å²) in [6.07, 6.45) is 0.658. The van der Waals surface area contributed by atoms with Gasteiger partial charge >= 0.3 is 0 Å². The summed E-state index contributed by atoms with van der Waals surface area (Å²) in [5.74, 6) is 0.122. The molecule has 31 heavy (non-hydrogen) atoms. The molecule has 0 radical (unpaired) electrons. The summed E-state index contributed by atoms with van der Waals surface area (Å²) in [6.45, 7) is 4.02. The Morgan fingerprint density at radius 1 is 1.10 bits per heavy atom. The molecule has 1 N–H and O–H groups in total. The van der Waals surface area contributed by atoms with Crippen LogP contribution in [0.1, 0.15) is 18.9 Å². The van der Waals surface area contributed by atoms with Crippen LogP contribution in [0.2, 0.25) is 0 Å². The highest BCUT2D eigenvalue weighted by Crippen LogP contribution is 2.20. The number of ether oxygens (including phenoxy) is 1. The van der Waals surface area contributed by atoms with Crippen molar-refractivity contribution in [3.8, 4) is 5.88 Å². The van der Waals surface area contributed by atoms with Crippen LogP contribution < -0.4 is 15.6 Å². The number of aromatic nitrogens is 4. The minimum atomic E-state index is -0.253. The molecule has 1 amide bonds. The number of rotatable bonds is 7. The molecule has 0 aliphatic heterocycles. The Kier molecular flexibility index (Phi) is 5.88. The second kappa shape index (κ2) is 8.91. The van der Waals surface area contributed by atoms with Gasteiger partial charge in [-0.2, -0.15) is 0 Å². The quantitative estimate of drug-likeness (QED) is 0.496. The molecule has 158 valence electrons. The van der Waals surface area contributed by atoms with Crippen LogP contribution in [0.4, 0.5) is 0 Å². The van der Waals surface area contributed by atoms with Crippen LogP contribution in [0.5, 0.6) is 5.88 Å². The van der Waals surface area contributed by atoms with Gasteiger partial charge in [-0.1, -0.05) is 42.4 Å². The Balaban J connectivity index is 1.46. The normalized spacial score (nSPS) is 12.1. The number of hydrogen-bond donors (Lipinski definition) is 1. The standard InChI is InChI=1S/C23H23N5O3/c1-3-16(14-31-23-18-9-4-6-10-19(18)25-27-26-23)24-21(29)13-28-20-11-7-5-8-17(20)15(2)12-22(28)30/h4-12,16H,3,13-14H2,1-2H3,(H,24,29)/t16-/m1/s1. The molecule has 0 spiro atoms. The second-order valence-corrected chi connectivity index (χ2v) is 7.36. The van der Waals surface area contributed by atoms with E-state index in [0.717, 1.165) is 21.9 Å². The van der Waals surface area contributed by atoms with Gasteiger partial charge < -0.3 is 10.1 Å². The number of hydrogen-bond acceptors (Lipinski definition) is 6. The SMILES string of the molecule is CC[C@H](COc1nnnc2ccccc12)NC(=O)Cn1c(=O)cc(C)c2ccccc21. The van der Waals surface area contributed by atoms with Crippen molar-refractivity contribution in [2.24, 2.45) is 0 Å². The number of benzene rings is 2. The number of pyridine rings is 1. The molecule has 0 fully saturated rings. The number of aryl methyl sites for hydroxylation is 1. The average molecular weight is 417 g/mol. The molecular formula is C23H23N5O3. The van der Waals surface area contributed by atoms with Gasteiger partial charge in [0.05, 0.1) is 16.9 Å². The summed E-state index contributed by atoms with van der Waals surface area (Å²) in [5.41, 5.74) is 2.12. The maximum absolute atomic E-state index is 12.7. The molecule has 8 nitrogen and oxygen atoms in total. The number of para-hydroxylation sites is 1. The summed E-state index contributed by atoms with van der Waals surface area (Å²) < 4.78 is 7.33. The minimum Gasteiger partial charge on any atom is -0.474 e. The lowest BCUT2D eigenvalue weighted by atomic mass is 10.1. The second-order valence-electron chi connectivity index (χ2n) is 7.36. The van der Waals surface area contributed by atoms with E-state index in [0.29, 0.717) is 17.8 Å². The number of nitrogens with one attached hydrogen (secondary N) is 1. The molecule has 8 heteroatoms. The third kappa shape index (κ3) is 4.37. The smallest absolute Gasteiger partial charge is 0.251 e. The van der Waals surface area contributed by atoms with Gasteiger partial charge in [0.1, 0.15) is 18.7 Å². The summed E-state index contributed by atoms with van der Waals surface area (Å²) in [7, 11) is 0. The highest BCUT2D eigenvalue weighted by molar-refractivity contribution is 5.85. The van der Waals surface area contributed by atoms with Crippen molar-refractivity contribution >= 4 is 27.7 Å². The number of carbonyl (C=O) groups excluding carboxylic acids is 1. The van der Waals surface area contributed by atoms with Crippen LogP contribution in [0.25, 0.3) is 21.8 Å². The van der Waals surface area contributed by atoms with Gasteiger partial charge in [0.15, 0.2) is 0 Å². The van der Waals surface area contributed by atoms with E-state index in [2.05, 4.69) is 20.7 Å². The summed E-state index contributed by atoms with van der Waals surface area (Å²) in [4.78, 5) is 25.2. The zero-order valence-corrected chi connectivity index (χ0v) is 17.4. The van der Waals surface area contributed by atoms with Crippen LogP contribution >= 0.6 is 0 Å². The molecule has 0 saturated carbocycles. The molecule has 0 bridgehead atoms. The molecule has 4 aromatic rings. The number of fused-ring (bicyclic) bond motifs is 2. The first kappa shape index (κ1) is 20.5. The van der Waals surface area contributed by atoms with Crippen molar-refractivity contribution in [3.63, 3.8) is 0 Å². The monoisotopic (exact) mass is 417 g/mol. The van der Waals surface area contributed by atoms with E-state index in [9.17, 15) is 9.59 Å². The lowest BCUT2D eigenvalue weighted by Gasteiger charge is -2.18. The van der Waals surface area contributed by atoms with E-state index < -0.39 is 0 Å². The summed E-state index contributed by atoms with van der Waals surface area (Å²) in [6, 6.07) is 16.3. The van der Waals surface area contributed by atoms with E-state index in [1.54, 1.807) is 6.07 Å². The van der Waals surface area contributed by atoms with E-state index in [-0.39, 0.29) is 30.7 Å². The van der Waals surface area contributed by atoms with E-state index in [1.165, 1.54) is 4.57 Å². The fourth-order valence-corrected chi connectivity index (χ4v) is 3.54. The van der Waals surface area contributed by atoms with Crippen molar-refractivity contribution in [2.75, 3.05) is 6.61 Å². The number of amides is 1. The van der Waals surface area contributed by atoms with Crippen LogP contribution in [0.15, 0.2) is 59.4 Å². The number of nitrogens with zero attached hydrogens (tertiary/aromatic N) is 4. The third-order valence-corrected chi connectivity index (χ3v) is 5.23. The molecule has 2 aromatic heterocycles. The van der Waals surface area contributed by atoms with Gasteiger partial charge in [0.2, 0.25) is 11.8 Å². The van der Waals surface area contributed by atoms with Crippen molar-refractivity contribution < 1.29 is 9.53 Å². The van der Waals surface area contributed by atoms with Crippen LogP contribution in [0.3, 0.4) is 0 Å². The van der Waals surface area contributed by atoms with Crippen LogP contribution in [-0.2, 0) is 11.3 Å². The molecule has 0 aliphatic rings. The van der Waals surface area contributed by atoms with Crippen LogP contribution in [0, 0.1) is 6.92 Å². The lowest BCUT2D eigenvalue weighted by molar-refractivity contribution is -0.122. The Morgan fingerprint density at radius 3 is 2.65 bits per heavy atom. The largest absolute Gasteiger partial charge is 0.474 e. The van der Waals surface area contributed by atoms with Gasteiger partial charge in [0.25, 0.3) is 5.56 Å². The molecule has 1 atom stereocenters. The Morgan fingerprint density at radius 2 is 1.84 bits per heavy atom. The summed E-state index contributed by atoms with van der Waals surface area (Å²) >= 11 is 0. The molecule has 0 unspecified atom stereocenters. The molecule has 2 heterocycles. The molecular weight excluding hydrogens is 394 g/mol. The highest BCUT2D eigenvalue weighted by Gasteiger charge is 2.15. The summed E-state index contributed by atoms with van der Waals surface area (Å²) in [5, 5.41) is 16.3. The topological polar surface area (TPSA) is 99.0 Å². The third-order valence-electron chi connectivity index (χ3n) is 5.23. The first-order valence-electron chi connectivity index (χ1n) is 10.2. The van der Waals surface area contributed by atoms with E-state index in [4.69, 9.17) is 4.74 Å². The van der Waals surface area contributed by atoms with Crippen LogP contribution in [-0.4, -0.2) is 38.5 Å². The maximum atomic E-state index is 12.7. The van der Waals surface area contributed by atoms with Gasteiger partial charge in [0, 0.05) is 11.5 Å². The lowest BCUT2D eigenvalue weighted by Crippen LogP contribution is -2.41. The van der Waals surface area contributed by atoms with E-state index in [1.807, 2.05) is 62.4 Å². The molecule has 2 aromatic carbocycles. The first-order chi connectivity index (χ1) is 15.1. The number of carbonyl (C=O) groups is 1. The fourth-order valence-electron chi connectivity index (χ4n) is 3.54. The minimum absolute atomic E-state index is 0.0614. The Bertz CT molecular complexity index is 1300. The zero-order valence-electron chi connectivity index (χ0n) is 17.4. The predicted octanol–water partition coefficient (Wildman–Crippen LogP) is 2.62. The first-order valence-corrected chi connectivity index (χ1v) is 10.2. The average Bonchev–Trinajstić information content (AvgIpc) is 2.79.